The Morgan fingerprint density at radius 1 is 1.31 bits per heavy atom. The van der Waals surface area contributed by atoms with Crippen molar-refractivity contribution in [2.45, 2.75) is 44.7 Å². The molecule has 1 aromatic heterocycles. The first-order chi connectivity index (χ1) is 7.92. The Labute approximate surface area is 105 Å². The minimum absolute atomic E-state index is 0.720. The van der Waals surface area contributed by atoms with E-state index < -0.39 is 0 Å². The zero-order valence-electron chi connectivity index (χ0n) is 9.50. The van der Waals surface area contributed by atoms with Crippen LogP contribution < -0.4 is 5.32 Å². The van der Waals surface area contributed by atoms with Gasteiger partial charge in [0, 0.05) is 23.2 Å². The maximum absolute atomic E-state index is 4.72. The highest BCUT2D eigenvalue weighted by Gasteiger charge is 2.18. The molecule has 4 heteroatoms. The van der Waals surface area contributed by atoms with Crippen molar-refractivity contribution >= 4 is 23.1 Å². The number of thiazole rings is 1. The van der Waals surface area contributed by atoms with E-state index in [4.69, 9.17) is 4.98 Å². The van der Waals surface area contributed by atoms with Gasteiger partial charge in [0.2, 0.25) is 0 Å². The number of hydrogen-bond donors (Lipinski definition) is 1. The Balaban J connectivity index is 1.53. The summed E-state index contributed by atoms with van der Waals surface area (Å²) in [7, 11) is 0. The van der Waals surface area contributed by atoms with Crippen LogP contribution in [0.15, 0.2) is 0 Å². The molecule has 2 aliphatic rings. The number of aromatic nitrogens is 1. The van der Waals surface area contributed by atoms with Crippen LogP contribution in [-0.4, -0.2) is 22.5 Å². The maximum atomic E-state index is 4.72. The molecule has 3 rings (SSSR count). The first-order valence-electron chi connectivity index (χ1n) is 6.20. The molecular formula is C12H18N2S2. The van der Waals surface area contributed by atoms with E-state index in [2.05, 4.69) is 17.1 Å². The quantitative estimate of drug-likeness (QED) is 0.897. The largest absolute Gasteiger partial charge is 0.307 e. The summed E-state index contributed by atoms with van der Waals surface area (Å²) in [6.07, 6.45) is 6.52. The summed E-state index contributed by atoms with van der Waals surface area (Å²) in [5, 5.41) is 4.96. The molecule has 88 valence electrons. The molecule has 1 atom stereocenters. The Morgan fingerprint density at radius 3 is 3.12 bits per heavy atom. The lowest BCUT2D eigenvalue weighted by Gasteiger charge is -2.21. The van der Waals surface area contributed by atoms with Crippen molar-refractivity contribution in [2.75, 3.05) is 11.5 Å². The molecule has 0 aromatic carbocycles. The number of thioether (sulfide) groups is 1. The van der Waals surface area contributed by atoms with Crippen LogP contribution in [0.5, 0.6) is 0 Å². The van der Waals surface area contributed by atoms with E-state index in [1.807, 2.05) is 11.3 Å². The number of nitrogens with zero attached hydrogens (tertiary/aromatic N) is 1. The van der Waals surface area contributed by atoms with Crippen molar-refractivity contribution in [1.29, 1.82) is 0 Å². The van der Waals surface area contributed by atoms with E-state index in [0.29, 0.717) is 0 Å². The van der Waals surface area contributed by atoms with Gasteiger partial charge in [-0.25, -0.2) is 4.98 Å². The van der Waals surface area contributed by atoms with Gasteiger partial charge in [0.05, 0.1) is 5.69 Å². The molecule has 0 spiro atoms. The molecule has 2 heterocycles. The minimum atomic E-state index is 0.720. The van der Waals surface area contributed by atoms with E-state index in [0.717, 1.165) is 12.6 Å². The summed E-state index contributed by atoms with van der Waals surface area (Å²) in [5.41, 5.74) is 1.39. The fraction of sp³-hybridized carbons (Fsp3) is 0.750. The van der Waals surface area contributed by atoms with Crippen LogP contribution in [-0.2, 0) is 19.4 Å². The first kappa shape index (κ1) is 11.1. The van der Waals surface area contributed by atoms with Crippen molar-refractivity contribution in [3.05, 3.63) is 15.6 Å². The molecule has 1 fully saturated rings. The molecule has 1 aromatic rings. The average molecular weight is 254 g/mol. The van der Waals surface area contributed by atoms with Crippen LogP contribution in [0.1, 0.15) is 34.8 Å². The van der Waals surface area contributed by atoms with Crippen molar-refractivity contribution in [2.24, 2.45) is 0 Å². The van der Waals surface area contributed by atoms with E-state index in [-0.39, 0.29) is 0 Å². The minimum Gasteiger partial charge on any atom is -0.307 e. The summed E-state index contributed by atoms with van der Waals surface area (Å²) in [4.78, 5) is 6.28. The van der Waals surface area contributed by atoms with Gasteiger partial charge in [-0.2, -0.15) is 11.8 Å². The van der Waals surface area contributed by atoms with Crippen molar-refractivity contribution < 1.29 is 0 Å². The van der Waals surface area contributed by atoms with Gasteiger partial charge < -0.3 is 5.32 Å². The normalized spacial score (nSPS) is 24.6. The molecule has 1 aliphatic heterocycles. The van der Waals surface area contributed by atoms with Crippen LogP contribution in [0.3, 0.4) is 0 Å². The molecule has 2 nitrogen and oxygen atoms in total. The Bertz CT molecular complexity index is 334. The van der Waals surface area contributed by atoms with Gasteiger partial charge in [-0.15, -0.1) is 11.3 Å². The summed E-state index contributed by atoms with van der Waals surface area (Å²) >= 11 is 4.01. The molecule has 0 radical (unpaired) electrons. The summed E-state index contributed by atoms with van der Waals surface area (Å²) in [5.74, 6) is 2.63. The average Bonchev–Trinajstić information content (AvgIpc) is 2.88. The van der Waals surface area contributed by atoms with Gasteiger partial charge in [0.1, 0.15) is 5.01 Å². The molecule has 16 heavy (non-hydrogen) atoms. The zero-order valence-corrected chi connectivity index (χ0v) is 11.1. The standard InChI is InChI=1S/C12H18N2S2/c1-4-10-11(5-1)16-12(14-10)7-13-9-3-2-6-15-8-9/h9,13H,1-8H2. The highest BCUT2D eigenvalue weighted by Crippen LogP contribution is 2.27. The molecule has 1 N–H and O–H groups in total. The van der Waals surface area contributed by atoms with Crippen molar-refractivity contribution in [3.63, 3.8) is 0 Å². The van der Waals surface area contributed by atoms with Crippen LogP contribution in [0.4, 0.5) is 0 Å². The molecular weight excluding hydrogens is 236 g/mol. The van der Waals surface area contributed by atoms with Crippen molar-refractivity contribution in [1.82, 2.24) is 10.3 Å². The lowest BCUT2D eigenvalue weighted by molar-refractivity contribution is 0.506. The van der Waals surface area contributed by atoms with Gasteiger partial charge >= 0.3 is 0 Å². The monoisotopic (exact) mass is 254 g/mol. The number of fused-ring (bicyclic) bond motifs is 1. The third kappa shape index (κ3) is 2.44. The Morgan fingerprint density at radius 2 is 2.31 bits per heavy atom. The summed E-state index contributed by atoms with van der Waals surface area (Å²) < 4.78 is 0. The predicted octanol–water partition coefficient (Wildman–Crippen LogP) is 2.62. The van der Waals surface area contributed by atoms with Crippen LogP contribution >= 0.6 is 23.1 Å². The second-order valence-corrected chi connectivity index (χ2v) is 6.94. The highest BCUT2D eigenvalue weighted by molar-refractivity contribution is 7.99. The van der Waals surface area contributed by atoms with Gasteiger partial charge in [0.25, 0.3) is 0 Å². The molecule has 1 saturated heterocycles. The maximum Gasteiger partial charge on any atom is 0.107 e. The van der Waals surface area contributed by atoms with E-state index in [1.165, 1.54) is 54.3 Å². The number of nitrogens with one attached hydrogen (secondary N) is 1. The second kappa shape index (κ2) is 5.07. The molecule has 0 saturated carbocycles. The summed E-state index contributed by atoms with van der Waals surface area (Å²) in [6, 6.07) is 0.720. The van der Waals surface area contributed by atoms with E-state index in [9.17, 15) is 0 Å². The summed E-state index contributed by atoms with van der Waals surface area (Å²) in [6.45, 7) is 0.989. The van der Waals surface area contributed by atoms with Crippen LogP contribution in [0.25, 0.3) is 0 Å². The molecule has 1 aliphatic carbocycles. The van der Waals surface area contributed by atoms with Gasteiger partial charge in [-0.05, 0) is 37.9 Å². The van der Waals surface area contributed by atoms with Gasteiger partial charge in [0.15, 0.2) is 0 Å². The van der Waals surface area contributed by atoms with Crippen LogP contribution in [0, 0.1) is 0 Å². The molecule has 1 unspecified atom stereocenters. The van der Waals surface area contributed by atoms with Crippen molar-refractivity contribution in [3.8, 4) is 0 Å². The molecule has 0 amide bonds. The Hall–Kier alpha value is -0.0600. The second-order valence-electron chi connectivity index (χ2n) is 4.63. The SMILES string of the molecule is C1Cc2nc(CNC3CCCSC3)sc2C1. The smallest absolute Gasteiger partial charge is 0.107 e. The molecule has 0 bridgehead atoms. The third-order valence-corrected chi connectivity index (χ3v) is 5.72. The Kier molecular flexibility index (Phi) is 3.50. The van der Waals surface area contributed by atoms with Crippen LogP contribution in [0.2, 0.25) is 0 Å². The number of rotatable bonds is 3. The lowest BCUT2D eigenvalue weighted by atomic mass is 10.2. The van der Waals surface area contributed by atoms with E-state index >= 15 is 0 Å². The number of aryl methyl sites for hydroxylation is 2. The fourth-order valence-electron chi connectivity index (χ4n) is 2.45. The predicted molar refractivity (Wildman–Crippen MR) is 71.3 cm³/mol. The zero-order chi connectivity index (χ0) is 10.8. The van der Waals surface area contributed by atoms with E-state index in [1.54, 1.807) is 4.88 Å². The van der Waals surface area contributed by atoms with Gasteiger partial charge in [-0.1, -0.05) is 0 Å². The lowest BCUT2D eigenvalue weighted by Crippen LogP contribution is -2.33. The number of hydrogen-bond acceptors (Lipinski definition) is 4. The first-order valence-corrected chi connectivity index (χ1v) is 8.17. The highest BCUT2D eigenvalue weighted by atomic mass is 32.2. The van der Waals surface area contributed by atoms with Gasteiger partial charge in [-0.3, -0.25) is 0 Å². The third-order valence-electron chi connectivity index (χ3n) is 3.34. The fourth-order valence-corrected chi connectivity index (χ4v) is 4.67. The topological polar surface area (TPSA) is 24.9 Å².